The van der Waals surface area contributed by atoms with Crippen molar-refractivity contribution in [1.29, 1.82) is 0 Å². The molecule has 16 heavy (non-hydrogen) atoms. The Morgan fingerprint density at radius 2 is 2.38 bits per heavy atom. The quantitative estimate of drug-likeness (QED) is 0.755. The number of rotatable bonds is 2. The fourth-order valence-corrected chi connectivity index (χ4v) is 4.77. The maximum atomic E-state index is 9.35. The molecule has 0 aromatic heterocycles. The second kappa shape index (κ2) is 4.71. The zero-order valence-corrected chi connectivity index (χ0v) is 11.1. The molecule has 1 saturated carbocycles. The summed E-state index contributed by atoms with van der Waals surface area (Å²) < 4.78 is 6.09. The predicted octanol–water partition coefficient (Wildman–Crippen LogP) is 2.97. The van der Waals surface area contributed by atoms with E-state index in [9.17, 15) is 5.11 Å². The summed E-state index contributed by atoms with van der Waals surface area (Å²) in [5.41, 5.74) is 1.50. The van der Waals surface area contributed by atoms with Crippen molar-refractivity contribution in [3.8, 4) is 0 Å². The van der Waals surface area contributed by atoms with Crippen LogP contribution >= 0.6 is 11.8 Å². The first-order chi connectivity index (χ1) is 7.68. The molecule has 2 nitrogen and oxygen atoms in total. The topological polar surface area (TPSA) is 29.5 Å². The summed E-state index contributed by atoms with van der Waals surface area (Å²) in [7, 11) is 0. The van der Waals surface area contributed by atoms with E-state index in [0.717, 1.165) is 25.2 Å². The number of thioether (sulfide) groups is 1. The molecule has 1 saturated heterocycles. The highest BCUT2D eigenvalue weighted by Gasteiger charge is 2.54. The lowest BCUT2D eigenvalue weighted by molar-refractivity contribution is -0.0537. The minimum absolute atomic E-state index is 0.0237. The monoisotopic (exact) mass is 242 g/mol. The van der Waals surface area contributed by atoms with E-state index in [1.165, 1.54) is 18.4 Å². The van der Waals surface area contributed by atoms with Crippen molar-refractivity contribution in [3.05, 3.63) is 11.6 Å². The van der Waals surface area contributed by atoms with Gasteiger partial charge in [0.05, 0.1) is 6.61 Å². The van der Waals surface area contributed by atoms with Crippen LogP contribution in [-0.2, 0) is 4.74 Å². The lowest BCUT2D eigenvalue weighted by Gasteiger charge is -2.50. The fourth-order valence-electron chi connectivity index (χ4n) is 3.26. The Hall–Kier alpha value is 0.01000. The number of aliphatic hydroxyl groups is 1. The average molecular weight is 242 g/mol. The van der Waals surface area contributed by atoms with Crippen molar-refractivity contribution in [2.45, 2.75) is 44.5 Å². The highest BCUT2D eigenvalue weighted by atomic mass is 32.2. The molecule has 92 valence electrons. The van der Waals surface area contributed by atoms with Gasteiger partial charge < -0.3 is 9.84 Å². The summed E-state index contributed by atoms with van der Waals surface area (Å²) in [4.78, 5) is -0.0597. The number of hydrogen-bond acceptors (Lipinski definition) is 3. The highest BCUT2D eigenvalue weighted by molar-refractivity contribution is 8.00. The number of allylic oxidation sites excluding steroid dienone is 1. The number of aliphatic hydroxyl groups excluding tert-OH is 1. The van der Waals surface area contributed by atoms with Crippen LogP contribution in [0.15, 0.2) is 11.6 Å². The van der Waals surface area contributed by atoms with Crippen LogP contribution in [0.1, 0.15) is 39.5 Å². The summed E-state index contributed by atoms with van der Waals surface area (Å²) in [5, 5.41) is 9.35. The molecule has 1 heterocycles. The van der Waals surface area contributed by atoms with Gasteiger partial charge in [0.1, 0.15) is 4.93 Å². The van der Waals surface area contributed by atoms with Crippen LogP contribution in [0.5, 0.6) is 0 Å². The Kier molecular flexibility index (Phi) is 3.67. The van der Waals surface area contributed by atoms with E-state index in [2.05, 4.69) is 19.9 Å². The maximum absolute atomic E-state index is 9.35. The molecule has 0 amide bonds. The van der Waals surface area contributed by atoms with Gasteiger partial charge in [-0.1, -0.05) is 18.6 Å². The molecule has 3 heteroatoms. The SMILES string of the molecule is C/C=C1/CCC[C@]2(OCCS2)[C@@]1(C)CCO. The van der Waals surface area contributed by atoms with E-state index >= 15 is 0 Å². The van der Waals surface area contributed by atoms with Crippen LogP contribution in [0.3, 0.4) is 0 Å². The Bertz CT molecular complexity index is 282. The van der Waals surface area contributed by atoms with Crippen LogP contribution in [0.2, 0.25) is 0 Å². The van der Waals surface area contributed by atoms with Gasteiger partial charge in [-0.25, -0.2) is 0 Å². The lowest BCUT2D eigenvalue weighted by Crippen LogP contribution is -2.48. The Morgan fingerprint density at radius 3 is 2.94 bits per heavy atom. The Balaban J connectivity index is 2.34. The summed E-state index contributed by atoms with van der Waals surface area (Å²) in [6, 6.07) is 0. The largest absolute Gasteiger partial charge is 0.396 e. The zero-order chi connectivity index (χ0) is 11.6. The average Bonchev–Trinajstić information content (AvgIpc) is 2.73. The second-order valence-electron chi connectivity index (χ2n) is 4.92. The first kappa shape index (κ1) is 12.5. The third kappa shape index (κ3) is 1.73. The molecule has 1 aliphatic carbocycles. The summed E-state index contributed by atoms with van der Waals surface area (Å²) in [5.74, 6) is 1.10. The maximum Gasteiger partial charge on any atom is 0.122 e. The van der Waals surface area contributed by atoms with E-state index in [0.29, 0.717) is 0 Å². The van der Waals surface area contributed by atoms with Crippen LogP contribution in [0, 0.1) is 5.41 Å². The van der Waals surface area contributed by atoms with Crippen LogP contribution in [-0.4, -0.2) is 29.0 Å². The molecule has 2 fully saturated rings. The van der Waals surface area contributed by atoms with Crippen LogP contribution in [0.25, 0.3) is 0 Å². The van der Waals surface area contributed by atoms with E-state index in [4.69, 9.17) is 4.74 Å². The molecule has 0 bridgehead atoms. The Labute approximate surface area is 102 Å². The van der Waals surface area contributed by atoms with Gasteiger partial charge in [0, 0.05) is 17.8 Å². The lowest BCUT2D eigenvalue weighted by atomic mass is 9.67. The second-order valence-corrected chi connectivity index (χ2v) is 6.28. The van der Waals surface area contributed by atoms with Crippen molar-refractivity contribution in [2.24, 2.45) is 5.41 Å². The van der Waals surface area contributed by atoms with Gasteiger partial charge in [0.25, 0.3) is 0 Å². The standard InChI is InChI=1S/C13H22O2S/c1-3-11-5-4-6-13(15-9-10-16-13)12(11,2)7-8-14/h3,14H,4-10H2,1-2H3/b11-3-/t12-,13+/m0/s1. The molecule has 1 aliphatic heterocycles. The fraction of sp³-hybridized carbons (Fsp3) is 0.846. The minimum atomic E-state index is -0.0597. The van der Waals surface area contributed by atoms with Gasteiger partial charge in [-0.05, 0) is 32.6 Å². The van der Waals surface area contributed by atoms with Crippen molar-refractivity contribution in [3.63, 3.8) is 0 Å². The van der Waals surface area contributed by atoms with Crippen LogP contribution < -0.4 is 0 Å². The Morgan fingerprint density at radius 1 is 1.56 bits per heavy atom. The normalized spacial score (nSPS) is 42.1. The molecule has 1 spiro atoms. The molecule has 1 N–H and O–H groups in total. The van der Waals surface area contributed by atoms with E-state index in [1.807, 2.05) is 11.8 Å². The molecule has 2 atom stereocenters. The minimum Gasteiger partial charge on any atom is -0.396 e. The van der Waals surface area contributed by atoms with Gasteiger partial charge in [-0.15, -0.1) is 11.8 Å². The van der Waals surface area contributed by atoms with Crippen molar-refractivity contribution in [2.75, 3.05) is 19.0 Å². The number of hydrogen-bond donors (Lipinski definition) is 1. The third-order valence-corrected chi connectivity index (χ3v) is 5.83. The van der Waals surface area contributed by atoms with Crippen LogP contribution in [0.4, 0.5) is 0 Å². The third-order valence-electron chi connectivity index (χ3n) is 4.22. The predicted molar refractivity (Wildman–Crippen MR) is 68.6 cm³/mol. The molecule has 0 unspecified atom stereocenters. The van der Waals surface area contributed by atoms with Crippen molar-refractivity contribution in [1.82, 2.24) is 0 Å². The molecule has 2 rings (SSSR count). The molecule has 0 aromatic rings. The molecular formula is C13H22O2S. The van der Waals surface area contributed by atoms with E-state index in [1.54, 1.807) is 0 Å². The smallest absolute Gasteiger partial charge is 0.122 e. The summed E-state index contributed by atoms with van der Waals surface area (Å²) in [6.45, 7) is 5.50. The molecule has 0 aromatic carbocycles. The van der Waals surface area contributed by atoms with E-state index in [-0.39, 0.29) is 17.0 Å². The first-order valence-corrected chi connectivity index (χ1v) is 7.21. The van der Waals surface area contributed by atoms with Gasteiger partial charge in [0.15, 0.2) is 0 Å². The van der Waals surface area contributed by atoms with E-state index < -0.39 is 0 Å². The summed E-state index contributed by atoms with van der Waals surface area (Å²) in [6.07, 6.45) is 6.57. The zero-order valence-electron chi connectivity index (χ0n) is 10.3. The molecular weight excluding hydrogens is 220 g/mol. The van der Waals surface area contributed by atoms with Gasteiger partial charge >= 0.3 is 0 Å². The molecule has 2 aliphatic rings. The summed E-state index contributed by atoms with van der Waals surface area (Å²) >= 11 is 1.96. The first-order valence-electron chi connectivity index (χ1n) is 6.23. The number of ether oxygens (including phenoxy) is 1. The van der Waals surface area contributed by atoms with Crippen molar-refractivity contribution >= 4 is 11.8 Å². The highest BCUT2D eigenvalue weighted by Crippen LogP contribution is 2.59. The van der Waals surface area contributed by atoms with Gasteiger partial charge in [-0.3, -0.25) is 0 Å². The molecule has 0 radical (unpaired) electrons. The van der Waals surface area contributed by atoms with Gasteiger partial charge in [-0.2, -0.15) is 0 Å². The van der Waals surface area contributed by atoms with Crippen molar-refractivity contribution < 1.29 is 9.84 Å². The van der Waals surface area contributed by atoms with Gasteiger partial charge in [0.2, 0.25) is 0 Å².